The standard InChI is InChI=1S/C7H7ClO2S/c8-5-3-1-2-4(6(5)11)7(9)10/h1-3,5-6,11H,(H,9,10). The van der Waals surface area contributed by atoms with Crippen LogP contribution in [0.4, 0.5) is 0 Å². The van der Waals surface area contributed by atoms with Gasteiger partial charge in [-0.05, 0) is 0 Å². The number of thiol groups is 1. The van der Waals surface area contributed by atoms with Crippen molar-refractivity contribution >= 4 is 30.2 Å². The van der Waals surface area contributed by atoms with Crippen molar-refractivity contribution in [3.05, 3.63) is 23.8 Å². The van der Waals surface area contributed by atoms with Crippen molar-refractivity contribution in [3.8, 4) is 0 Å². The summed E-state index contributed by atoms with van der Waals surface area (Å²) in [5.74, 6) is -0.958. The molecule has 0 radical (unpaired) electrons. The average molecular weight is 191 g/mol. The minimum Gasteiger partial charge on any atom is -0.478 e. The number of carboxylic acids is 1. The summed E-state index contributed by atoms with van der Waals surface area (Å²) in [4.78, 5) is 10.5. The van der Waals surface area contributed by atoms with Gasteiger partial charge in [0.1, 0.15) is 0 Å². The van der Waals surface area contributed by atoms with Gasteiger partial charge in [0.15, 0.2) is 0 Å². The molecule has 0 heterocycles. The molecule has 1 rings (SSSR count). The second-order valence-electron chi connectivity index (χ2n) is 2.20. The zero-order chi connectivity index (χ0) is 8.43. The van der Waals surface area contributed by atoms with E-state index in [2.05, 4.69) is 12.6 Å². The van der Waals surface area contributed by atoms with E-state index in [9.17, 15) is 4.79 Å². The van der Waals surface area contributed by atoms with Crippen molar-refractivity contribution < 1.29 is 9.90 Å². The van der Waals surface area contributed by atoms with Crippen molar-refractivity contribution in [1.82, 2.24) is 0 Å². The maximum atomic E-state index is 10.5. The molecule has 2 unspecified atom stereocenters. The molecular formula is C7H7ClO2S. The van der Waals surface area contributed by atoms with Crippen molar-refractivity contribution in [2.24, 2.45) is 0 Å². The van der Waals surface area contributed by atoms with Crippen LogP contribution < -0.4 is 0 Å². The Morgan fingerprint density at radius 2 is 2.36 bits per heavy atom. The SMILES string of the molecule is O=C(O)C1=CC=CC(Cl)C1S. The second-order valence-corrected chi connectivity index (χ2v) is 3.26. The van der Waals surface area contributed by atoms with E-state index in [0.29, 0.717) is 0 Å². The molecule has 2 nitrogen and oxygen atoms in total. The summed E-state index contributed by atoms with van der Waals surface area (Å²) in [7, 11) is 0. The van der Waals surface area contributed by atoms with E-state index in [0.717, 1.165) is 0 Å². The van der Waals surface area contributed by atoms with E-state index < -0.39 is 11.2 Å². The Balaban J connectivity index is 2.87. The molecule has 0 aromatic rings. The summed E-state index contributed by atoms with van der Waals surface area (Å²) in [6.07, 6.45) is 4.86. The fourth-order valence-electron chi connectivity index (χ4n) is 0.839. The molecule has 0 aromatic carbocycles. The maximum absolute atomic E-state index is 10.5. The first-order valence-electron chi connectivity index (χ1n) is 3.06. The fraction of sp³-hybridized carbons (Fsp3) is 0.286. The van der Waals surface area contributed by atoms with Crippen LogP contribution in [0.1, 0.15) is 0 Å². The van der Waals surface area contributed by atoms with Gasteiger partial charge in [-0.1, -0.05) is 18.2 Å². The molecule has 1 N–H and O–H groups in total. The molecule has 0 spiro atoms. The van der Waals surface area contributed by atoms with Gasteiger partial charge in [-0.15, -0.1) is 11.6 Å². The monoisotopic (exact) mass is 190 g/mol. The molecule has 0 saturated carbocycles. The number of allylic oxidation sites excluding steroid dienone is 3. The minimum atomic E-state index is -0.958. The van der Waals surface area contributed by atoms with Crippen molar-refractivity contribution in [3.63, 3.8) is 0 Å². The van der Waals surface area contributed by atoms with Gasteiger partial charge in [-0.3, -0.25) is 0 Å². The zero-order valence-electron chi connectivity index (χ0n) is 5.57. The molecule has 0 aliphatic heterocycles. The Bertz CT molecular complexity index is 235. The van der Waals surface area contributed by atoms with Crippen LogP contribution in [0, 0.1) is 0 Å². The Kier molecular flexibility index (Phi) is 2.62. The van der Waals surface area contributed by atoms with Crippen LogP contribution in [-0.2, 0) is 4.79 Å². The molecule has 4 heteroatoms. The van der Waals surface area contributed by atoms with Crippen LogP contribution >= 0.6 is 24.2 Å². The molecule has 1 aliphatic rings. The highest BCUT2D eigenvalue weighted by molar-refractivity contribution is 7.81. The summed E-state index contributed by atoms with van der Waals surface area (Å²) in [5, 5.41) is 7.89. The lowest BCUT2D eigenvalue weighted by molar-refractivity contribution is -0.132. The van der Waals surface area contributed by atoms with Crippen LogP contribution in [0.3, 0.4) is 0 Å². The topological polar surface area (TPSA) is 37.3 Å². The number of hydrogen-bond acceptors (Lipinski definition) is 2. The molecule has 1 aliphatic carbocycles. The molecule has 0 fully saturated rings. The normalized spacial score (nSPS) is 29.8. The van der Waals surface area contributed by atoms with Gasteiger partial charge in [0.2, 0.25) is 0 Å². The van der Waals surface area contributed by atoms with E-state index in [1.807, 2.05) is 0 Å². The Hall–Kier alpha value is -0.410. The van der Waals surface area contributed by atoms with Gasteiger partial charge in [0, 0.05) is 0 Å². The number of carbonyl (C=O) groups is 1. The smallest absolute Gasteiger partial charge is 0.332 e. The summed E-state index contributed by atoms with van der Waals surface area (Å²) >= 11 is 9.80. The molecule has 0 amide bonds. The average Bonchev–Trinajstić information content (AvgIpc) is 1.94. The van der Waals surface area contributed by atoms with Gasteiger partial charge in [0.05, 0.1) is 16.2 Å². The summed E-state index contributed by atoms with van der Waals surface area (Å²) in [6, 6.07) is 0. The Morgan fingerprint density at radius 1 is 1.73 bits per heavy atom. The quantitative estimate of drug-likeness (QED) is 0.486. The Morgan fingerprint density at radius 3 is 2.82 bits per heavy atom. The summed E-state index contributed by atoms with van der Waals surface area (Å²) < 4.78 is 0. The Labute approximate surface area is 75.0 Å². The number of halogens is 1. The van der Waals surface area contributed by atoms with E-state index >= 15 is 0 Å². The van der Waals surface area contributed by atoms with Crippen molar-refractivity contribution in [1.29, 1.82) is 0 Å². The van der Waals surface area contributed by atoms with Gasteiger partial charge >= 0.3 is 5.97 Å². The highest BCUT2D eigenvalue weighted by atomic mass is 35.5. The van der Waals surface area contributed by atoms with E-state index in [-0.39, 0.29) is 11.0 Å². The van der Waals surface area contributed by atoms with Crippen molar-refractivity contribution in [2.45, 2.75) is 10.6 Å². The van der Waals surface area contributed by atoms with Crippen LogP contribution in [-0.4, -0.2) is 21.7 Å². The molecule has 0 aromatic heterocycles. The molecule has 0 bridgehead atoms. The van der Waals surface area contributed by atoms with E-state index in [1.165, 1.54) is 6.08 Å². The predicted octanol–water partition coefficient (Wildman–Crippen LogP) is 1.47. The van der Waals surface area contributed by atoms with Gasteiger partial charge in [-0.25, -0.2) is 4.79 Å². The van der Waals surface area contributed by atoms with Crippen LogP contribution in [0.2, 0.25) is 0 Å². The number of carboxylic acid groups (broad SMARTS) is 1. The lowest BCUT2D eigenvalue weighted by Crippen LogP contribution is -2.23. The molecule has 2 atom stereocenters. The summed E-state index contributed by atoms with van der Waals surface area (Å²) in [5.41, 5.74) is 0.246. The summed E-state index contributed by atoms with van der Waals surface area (Å²) in [6.45, 7) is 0. The molecule has 60 valence electrons. The van der Waals surface area contributed by atoms with E-state index in [1.54, 1.807) is 12.2 Å². The minimum absolute atomic E-state index is 0.246. The van der Waals surface area contributed by atoms with Crippen LogP contribution in [0.5, 0.6) is 0 Å². The number of hydrogen-bond donors (Lipinski definition) is 2. The molecular weight excluding hydrogens is 184 g/mol. The number of aliphatic carboxylic acids is 1. The predicted molar refractivity (Wildman–Crippen MR) is 47.3 cm³/mol. The van der Waals surface area contributed by atoms with Gasteiger partial charge in [0.25, 0.3) is 0 Å². The fourth-order valence-corrected chi connectivity index (χ4v) is 1.35. The zero-order valence-corrected chi connectivity index (χ0v) is 7.22. The van der Waals surface area contributed by atoms with E-state index in [4.69, 9.17) is 16.7 Å². The number of alkyl halides is 1. The largest absolute Gasteiger partial charge is 0.478 e. The highest BCUT2D eigenvalue weighted by Gasteiger charge is 2.24. The molecule has 0 saturated heterocycles. The van der Waals surface area contributed by atoms with Crippen LogP contribution in [0.25, 0.3) is 0 Å². The lowest BCUT2D eigenvalue weighted by atomic mass is 10.0. The first-order valence-corrected chi connectivity index (χ1v) is 4.02. The van der Waals surface area contributed by atoms with Crippen LogP contribution in [0.15, 0.2) is 23.8 Å². The second kappa shape index (κ2) is 3.32. The van der Waals surface area contributed by atoms with Gasteiger partial charge in [-0.2, -0.15) is 12.6 Å². The third kappa shape index (κ3) is 1.79. The van der Waals surface area contributed by atoms with Crippen molar-refractivity contribution in [2.75, 3.05) is 0 Å². The lowest BCUT2D eigenvalue weighted by Gasteiger charge is -2.17. The molecule has 11 heavy (non-hydrogen) atoms. The third-order valence-electron chi connectivity index (χ3n) is 1.44. The first kappa shape index (κ1) is 8.68. The maximum Gasteiger partial charge on any atom is 0.332 e. The number of rotatable bonds is 1. The first-order chi connectivity index (χ1) is 5.13. The third-order valence-corrected chi connectivity index (χ3v) is 2.61. The highest BCUT2D eigenvalue weighted by Crippen LogP contribution is 2.23. The van der Waals surface area contributed by atoms with Gasteiger partial charge < -0.3 is 5.11 Å².